The summed E-state index contributed by atoms with van der Waals surface area (Å²) in [4.78, 5) is 0. The van der Waals surface area contributed by atoms with Crippen LogP contribution in [0.4, 0.5) is 0 Å². The Morgan fingerprint density at radius 1 is 0.650 bits per heavy atom. The van der Waals surface area contributed by atoms with Crippen molar-refractivity contribution < 1.29 is 0 Å². The van der Waals surface area contributed by atoms with Crippen LogP contribution >= 0.6 is 0 Å². The lowest BCUT2D eigenvalue weighted by Gasteiger charge is -2.16. The van der Waals surface area contributed by atoms with Crippen molar-refractivity contribution in [2.24, 2.45) is 0 Å². The third kappa shape index (κ3) is 2.08. The first-order valence-corrected chi connectivity index (χ1v) is 8.07. The molecule has 0 amide bonds. The van der Waals surface area contributed by atoms with E-state index in [0.717, 1.165) is 11.8 Å². The molecule has 0 heterocycles. The van der Waals surface area contributed by atoms with Gasteiger partial charge >= 0.3 is 0 Å². The molecule has 2 aliphatic rings. The first-order chi connectivity index (χ1) is 9.92. The Labute approximate surface area is 121 Å². The van der Waals surface area contributed by atoms with E-state index in [2.05, 4.69) is 48.5 Å². The van der Waals surface area contributed by atoms with Crippen molar-refractivity contribution in [2.45, 2.75) is 50.4 Å². The highest BCUT2D eigenvalue weighted by Crippen LogP contribution is 2.41. The smallest absolute Gasteiger partial charge is 0.0156 e. The maximum Gasteiger partial charge on any atom is -0.0156 e. The largest absolute Gasteiger partial charge is 0.0620 e. The van der Waals surface area contributed by atoms with Gasteiger partial charge in [0.2, 0.25) is 0 Å². The summed E-state index contributed by atoms with van der Waals surface area (Å²) in [5.41, 5.74) is 6.48. The van der Waals surface area contributed by atoms with Crippen molar-refractivity contribution in [2.75, 3.05) is 0 Å². The van der Waals surface area contributed by atoms with Gasteiger partial charge in [0.1, 0.15) is 0 Å². The van der Waals surface area contributed by atoms with Crippen LogP contribution in [0.5, 0.6) is 0 Å². The SMILES string of the molecule is c1ccc2c(c1)CC[C@@H]2CC[C@H]1CCc2ccccc21. The van der Waals surface area contributed by atoms with Gasteiger partial charge in [-0.25, -0.2) is 0 Å². The van der Waals surface area contributed by atoms with Crippen LogP contribution in [0, 0.1) is 0 Å². The second-order valence-electron chi connectivity index (χ2n) is 6.45. The molecule has 102 valence electrons. The third-order valence-corrected chi connectivity index (χ3v) is 5.38. The van der Waals surface area contributed by atoms with Crippen LogP contribution in [-0.4, -0.2) is 0 Å². The zero-order chi connectivity index (χ0) is 13.4. The molecule has 0 N–H and O–H groups in total. The van der Waals surface area contributed by atoms with Crippen molar-refractivity contribution in [3.05, 3.63) is 70.8 Å². The van der Waals surface area contributed by atoms with Crippen LogP contribution < -0.4 is 0 Å². The molecule has 0 radical (unpaired) electrons. The molecule has 0 heteroatoms. The van der Waals surface area contributed by atoms with Gasteiger partial charge in [0.05, 0.1) is 0 Å². The van der Waals surface area contributed by atoms with Gasteiger partial charge in [-0.05, 0) is 72.6 Å². The molecular weight excluding hydrogens is 240 g/mol. The van der Waals surface area contributed by atoms with Gasteiger partial charge in [0.25, 0.3) is 0 Å². The Morgan fingerprint density at radius 3 is 1.60 bits per heavy atom. The van der Waals surface area contributed by atoms with Crippen LogP contribution in [0.3, 0.4) is 0 Å². The van der Waals surface area contributed by atoms with Crippen LogP contribution in [0.2, 0.25) is 0 Å². The zero-order valence-electron chi connectivity index (χ0n) is 12.0. The molecule has 20 heavy (non-hydrogen) atoms. The lowest BCUT2D eigenvalue weighted by Crippen LogP contribution is -1.99. The molecule has 0 nitrogen and oxygen atoms in total. The topological polar surface area (TPSA) is 0 Å². The van der Waals surface area contributed by atoms with E-state index in [4.69, 9.17) is 0 Å². The number of hydrogen-bond acceptors (Lipinski definition) is 0. The standard InChI is InChI=1S/C20H22/c1-3-7-19-15(5-1)9-11-17(19)13-14-18-12-10-16-6-2-4-8-20(16)18/h1-8,17-18H,9-14H2/t17-,18-/m1/s1. The minimum atomic E-state index is 0.818. The predicted molar refractivity (Wildman–Crippen MR) is 84.2 cm³/mol. The highest BCUT2D eigenvalue weighted by Gasteiger charge is 2.26. The van der Waals surface area contributed by atoms with Crippen LogP contribution in [0.1, 0.15) is 59.8 Å². The zero-order valence-corrected chi connectivity index (χ0v) is 12.0. The minimum Gasteiger partial charge on any atom is -0.0620 e. The molecule has 2 aliphatic carbocycles. The number of fused-ring (bicyclic) bond motifs is 2. The van der Waals surface area contributed by atoms with E-state index in [-0.39, 0.29) is 0 Å². The highest BCUT2D eigenvalue weighted by atomic mass is 14.3. The fourth-order valence-electron chi connectivity index (χ4n) is 4.29. The number of benzene rings is 2. The third-order valence-electron chi connectivity index (χ3n) is 5.38. The Kier molecular flexibility index (Phi) is 3.10. The molecule has 0 saturated heterocycles. The monoisotopic (exact) mass is 262 g/mol. The second kappa shape index (κ2) is 5.09. The van der Waals surface area contributed by atoms with E-state index < -0.39 is 0 Å². The quantitative estimate of drug-likeness (QED) is 0.710. The Balaban J connectivity index is 1.45. The maximum atomic E-state index is 2.36. The number of aryl methyl sites for hydroxylation is 2. The van der Waals surface area contributed by atoms with E-state index in [0.29, 0.717) is 0 Å². The number of hydrogen-bond donors (Lipinski definition) is 0. The summed E-state index contributed by atoms with van der Waals surface area (Å²) in [5, 5.41) is 0. The molecular formula is C20H22. The lowest BCUT2D eigenvalue weighted by molar-refractivity contribution is 0.521. The Bertz CT molecular complexity index is 555. The van der Waals surface area contributed by atoms with E-state index in [1.807, 2.05) is 0 Å². The Morgan fingerprint density at radius 2 is 1.10 bits per heavy atom. The summed E-state index contributed by atoms with van der Waals surface area (Å²) in [6.45, 7) is 0. The molecule has 2 aromatic carbocycles. The summed E-state index contributed by atoms with van der Waals surface area (Å²) < 4.78 is 0. The van der Waals surface area contributed by atoms with Crippen molar-refractivity contribution in [1.82, 2.24) is 0 Å². The molecule has 4 rings (SSSR count). The molecule has 2 aromatic rings. The van der Waals surface area contributed by atoms with Gasteiger partial charge in [-0.2, -0.15) is 0 Å². The lowest BCUT2D eigenvalue weighted by atomic mass is 9.89. The molecule has 0 fully saturated rings. The van der Waals surface area contributed by atoms with Crippen LogP contribution in [-0.2, 0) is 12.8 Å². The summed E-state index contributed by atoms with van der Waals surface area (Å²) in [7, 11) is 0. The fourth-order valence-corrected chi connectivity index (χ4v) is 4.29. The molecule has 2 atom stereocenters. The first kappa shape index (κ1) is 12.2. The summed E-state index contributed by atoms with van der Waals surface area (Å²) >= 11 is 0. The van der Waals surface area contributed by atoms with E-state index in [1.54, 1.807) is 22.3 Å². The van der Waals surface area contributed by atoms with Gasteiger partial charge in [-0.3, -0.25) is 0 Å². The van der Waals surface area contributed by atoms with Gasteiger partial charge in [-0.15, -0.1) is 0 Å². The van der Waals surface area contributed by atoms with Gasteiger partial charge in [0.15, 0.2) is 0 Å². The second-order valence-corrected chi connectivity index (χ2v) is 6.45. The Hall–Kier alpha value is -1.56. The van der Waals surface area contributed by atoms with E-state index in [1.165, 1.54) is 38.5 Å². The normalized spacial score (nSPS) is 23.6. The molecule has 0 unspecified atom stereocenters. The summed E-state index contributed by atoms with van der Waals surface area (Å²) in [5.74, 6) is 1.64. The average molecular weight is 262 g/mol. The van der Waals surface area contributed by atoms with Gasteiger partial charge in [0, 0.05) is 0 Å². The number of rotatable bonds is 3. The maximum absolute atomic E-state index is 2.36. The molecule has 0 spiro atoms. The van der Waals surface area contributed by atoms with E-state index in [9.17, 15) is 0 Å². The average Bonchev–Trinajstić information content (AvgIpc) is 3.09. The van der Waals surface area contributed by atoms with Gasteiger partial charge < -0.3 is 0 Å². The van der Waals surface area contributed by atoms with Crippen LogP contribution in [0.15, 0.2) is 48.5 Å². The minimum absolute atomic E-state index is 0.818. The van der Waals surface area contributed by atoms with Gasteiger partial charge in [-0.1, -0.05) is 48.5 Å². The highest BCUT2D eigenvalue weighted by molar-refractivity contribution is 5.36. The van der Waals surface area contributed by atoms with Crippen molar-refractivity contribution in [1.29, 1.82) is 0 Å². The first-order valence-electron chi connectivity index (χ1n) is 8.07. The predicted octanol–water partition coefficient (Wildman–Crippen LogP) is 5.23. The molecule has 0 aromatic heterocycles. The van der Waals surface area contributed by atoms with E-state index >= 15 is 0 Å². The summed E-state index contributed by atoms with van der Waals surface area (Å²) in [6, 6.07) is 18.2. The van der Waals surface area contributed by atoms with Crippen molar-refractivity contribution >= 4 is 0 Å². The fraction of sp³-hybridized carbons (Fsp3) is 0.400. The molecule has 0 aliphatic heterocycles. The van der Waals surface area contributed by atoms with Crippen LogP contribution in [0.25, 0.3) is 0 Å². The molecule has 0 saturated carbocycles. The molecule has 0 bridgehead atoms. The summed E-state index contributed by atoms with van der Waals surface area (Å²) in [6.07, 6.45) is 8.07. The van der Waals surface area contributed by atoms with Crippen molar-refractivity contribution in [3.63, 3.8) is 0 Å². The van der Waals surface area contributed by atoms with Crippen molar-refractivity contribution in [3.8, 4) is 0 Å².